The van der Waals surface area contributed by atoms with E-state index in [2.05, 4.69) is 5.32 Å². The van der Waals surface area contributed by atoms with Crippen LogP contribution in [0.15, 0.2) is 53.4 Å². The topological polar surface area (TPSA) is 69.7 Å². The van der Waals surface area contributed by atoms with Crippen LogP contribution in [-0.4, -0.2) is 51.9 Å². The van der Waals surface area contributed by atoms with Crippen molar-refractivity contribution in [1.82, 2.24) is 10.2 Å². The van der Waals surface area contributed by atoms with Crippen LogP contribution in [0.2, 0.25) is 0 Å². The van der Waals surface area contributed by atoms with E-state index in [0.717, 1.165) is 12.1 Å². The summed E-state index contributed by atoms with van der Waals surface area (Å²) < 4.78 is 26.8. The summed E-state index contributed by atoms with van der Waals surface area (Å²) in [7, 11) is -2.12. The van der Waals surface area contributed by atoms with Gasteiger partial charge < -0.3 is 10.2 Å². The second-order valence-corrected chi connectivity index (χ2v) is 8.91. The lowest BCUT2D eigenvalue weighted by Crippen LogP contribution is -2.51. The molecule has 1 saturated heterocycles. The number of carbonyl (C=O) groups is 1. The number of benzene rings is 2. The van der Waals surface area contributed by atoms with E-state index in [9.17, 15) is 13.2 Å². The van der Waals surface area contributed by atoms with Crippen LogP contribution in [0.3, 0.4) is 0 Å². The fourth-order valence-electron chi connectivity index (χ4n) is 3.12. The van der Waals surface area contributed by atoms with Gasteiger partial charge in [0.25, 0.3) is 15.9 Å². The van der Waals surface area contributed by atoms with Gasteiger partial charge in [-0.05, 0) is 50.2 Å². The molecule has 0 radical (unpaired) electrons. The Hall–Kier alpha value is -2.09. The molecule has 152 valence electrons. The maximum Gasteiger partial charge on any atom is 0.264 e. The fraction of sp³-hybridized carbons (Fsp3) is 0.350. The highest BCUT2D eigenvalue weighted by molar-refractivity contribution is 7.92. The molecule has 0 bridgehead atoms. The molecule has 2 aromatic rings. The Kier molecular flexibility index (Phi) is 7.09. The van der Waals surface area contributed by atoms with Crippen molar-refractivity contribution in [3.8, 4) is 0 Å². The van der Waals surface area contributed by atoms with Crippen molar-refractivity contribution in [2.45, 2.75) is 24.8 Å². The first-order valence-corrected chi connectivity index (χ1v) is 10.4. The average Bonchev–Trinajstić information content (AvgIpc) is 2.67. The lowest BCUT2D eigenvalue weighted by Gasteiger charge is -2.32. The summed E-state index contributed by atoms with van der Waals surface area (Å²) in [6.07, 6.45) is 0. The largest absolute Gasteiger partial charge is 0.336 e. The van der Waals surface area contributed by atoms with E-state index in [4.69, 9.17) is 0 Å². The van der Waals surface area contributed by atoms with Gasteiger partial charge in [-0.15, -0.1) is 12.4 Å². The fourth-order valence-corrected chi connectivity index (χ4v) is 4.32. The molecule has 1 N–H and O–H groups in total. The van der Waals surface area contributed by atoms with Crippen LogP contribution in [0.4, 0.5) is 5.69 Å². The minimum atomic E-state index is -3.64. The summed E-state index contributed by atoms with van der Waals surface area (Å²) >= 11 is 0. The molecule has 0 spiro atoms. The summed E-state index contributed by atoms with van der Waals surface area (Å²) in [6.45, 7) is 6.08. The molecule has 3 rings (SSSR count). The Morgan fingerprint density at radius 3 is 2.29 bits per heavy atom. The number of amides is 1. The molecule has 28 heavy (non-hydrogen) atoms. The van der Waals surface area contributed by atoms with Gasteiger partial charge in [-0.25, -0.2) is 8.42 Å². The highest BCUT2D eigenvalue weighted by atomic mass is 35.5. The normalized spacial score (nSPS) is 17.0. The van der Waals surface area contributed by atoms with Gasteiger partial charge in [0.1, 0.15) is 0 Å². The number of carbonyl (C=O) groups excluding carboxylic acids is 1. The first-order valence-electron chi connectivity index (χ1n) is 8.97. The van der Waals surface area contributed by atoms with Gasteiger partial charge in [-0.3, -0.25) is 9.10 Å². The predicted molar refractivity (Wildman–Crippen MR) is 114 cm³/mol. The van der Waals surface area contributed by atoms with Crippen LogP contribution in [0.5, 0.6) is 0 Å². The zero-order valence-electron chi connectivity index (χ0n) is 16.3. The molecule has 1 aliphatic heterocycles. The van der Waals surface area contributed by atoms with Crippen LogP contribution >= 0.6 is 12.4 Å². The van der Waals surface area contributed by atoms with Crippen LogP contribution in [-0.2, 0) is 10.0 Å². The molecule has 0 aromatic heterocycles. The third-order valence-corrected chi connectivity index (χ3v) is 6.61. The number of hydrogen-bond donors (Lipinski definition) is 1. The van der Waals surface area contributed by atoms with Crippen molar-refractivity contribution in [2.24, 2.45) is 0 Å². The van der Waals surface area contributed by atoms with E-state index >= 15 is 0 Å². The lowest BCUT2D eigenvalue weighted by atomic mass is 10.1. The van der Waals surface area contributed by atoms with E-state index in [0.29, 0.717) is 24.3 Å². The molecule has 1 unspecified atom stereocenters. The molecule has 1 amide bonds. The second-order valence-electron chi connectivity index (χ2n) is 6.94. The molecule has 2 aromatic carbocycles. The van der Waals surface area contributed by atoms with Crippen LogP contribution < -0.4 is 9.62 Å². The molecule has 0 saturated carbocycles. The van der Waals surface area contributed by atoms with Crippen molar-refractivity contribution < 1.29 is 13.2 Å². The van der Waals surface area contributed by atoms with Crippen molar-refractivity contribution in [3.63, 3.8) is 0 Å². The molecule has 1 fully saturated rings. The van der Waals surface area contributed by atoms with E-state index in [1.807, 2.05) is 18.7 Å². The van der Waals surface area contributed by atoms with Crippen molar-refractivity contribution in [2.75, 3.05) is 31.0 Å². The standard InChI is InChI=1S/C20H25N3O3S.ClH/c1-15-4-10-19(11-5-15)27(25,26)22(3)18-8-6-17(7-9-18)20(24)23-13-12-21-16(2)14-23;/h4-11,16,21H,12-14H2,1-3H3;1H. The number of rotatable bonds is 4. The smallest absolute Gasteiger partial charge is 0.264 e. The van der Waals surface area contributed by atoms with Gasteiger partial charge in [0, 0.05) is 38.3 Å². The first kappa shape index (κ1) is 22.2. The SMILES string of the molecule is Cc1ccc(S(=O)(=O)N(C)c2ccc(C(=O)N3CCNC(C)C3)cc2)cc1.Cl. The molecule has 1 aliphatic rings. The Morgan fingerprint density at radius 1 is 1.11 bits per heavy atom. The second kappa shape index (κ2) is 8.94. The molecule has 0 aliphatic carbocycles. The molecule has 8 heteroatoms. The van der Waals surface area contributed by atoms with E-state index < -0.39 is 10.0 Å². The predicted octanol–water partition coefficient (Wildman–Crippen LogP) is 2.68. The van der Waals surface area contributed by atoms with Gasteiger partial charge in [-0.2, -0.15) is 0 Å². The van der Waals surface area contributed by atoms with Crippen LogP contribution in [0.1, 0.15) is 22.8 Å². The number of piperazine rings is 1. The molecule has 1 heterocycles. The molecule has 1 atom stereocenters. The lowest BCUT2D eigenvalue weighted by molar-refractivity contribution is 0.0709. The van der Waals surface area contributed by atoms with E-state index in [1.54, 1.807) is 48.5 Å². The summed E-state index contributed by atoms with van der Waals surface area (Å²) in [6, 6.07) is 13.7. The Bertz CT molecular complexity index is 915. The first-order chi connectivity index (χ1) is 12.8. The summed E-state index contributed by atoms with van der Waals surface area (Å²) in [5.74, 6) is -0.0288. The van der Waals surface area contributed by atoms with Crippen molar-refractivity contribution in [1.29, 1.82) is 0 Å². The Morgan fingerprint density at radius 2 is 1.71 bits per heavy atom. The van der Waals surface area contributed by atoms with E-state index in [1.165, 1.54) is 11.4 Å². The number of hydrogen-bond acceptors (Lipinski definition) is 4. The zero-order chi connectivity index (χ0) is 19.6. The zero-order valence-corrected chi connectivity index (χ0v) is 17.9. The van der Waals surface area contributed by atoms with Crippen molar-refractivity contribution in [3.05, 3.63) is 59.7 Å². The highest BCUT2D eigenvalue weighted by Crippen LogP contribution is 2.23. The summed E-state index contributed by atoms with van der Waals surface area (Å²) in [4.78, 5) is 14.7. The van der Waals surface area contributed by atoms with Crippen LogP contribution in [0, 0.1) is 6.92 Å². The van der Waals surface area contributed by atoms with Crippen molar-refractivity contribution >= 4 is 34.0 Å². The Balaban J connectivity index is 0.00000280. The number of nitrogens with one attached hydrogen (secondary N) is 1. The third-order valence-electron chi connectivity index (χ3n) is 4.81. The molecular weight excluding hydrogens is 398 g/mol. The molecule has 6 nitrogen and oxygen atoms in total. The number of sulfonamides is 1. The minimum absolute atomic E-state index is 0. The number of aryl methyl sites for hydroxylation is 1. The maximum absolute atomic E-state index is 12.8. The number of anilines is 1. The number of halogens is 1. The van der Waals surface area contributed by atoms with Gasteiger partial charge in [0.05, 0.1) is 10.6 Å². The Labute approximate surface area is 173 Å². The van der Waals surface area contributed by atoms with Gasteiger partial charge in [0.2, 0.25) is 0 Å². The van der Waals surface area contributed by atoms with E-state index in [-0.39, 0.29) is 29.3 Å². The molecular formula is C20H26ClN3O3S. The summed E-state index contributed by atoms with van der Waals surface area (Å²) in [5.41, 5.74) is 2.08. The third kappa shape index (κ3) is 4.66. The monoisotopic (exact) mass is 423 g/mol. The quantitative estimate of drug-likeness (QED) is 0.820. The average molecular weight is 424 g/mol. The van der Waals surface area contributed by atoms with Crippen LogP contribution in [0.25, 0.3) is 0 Å². The maximum atomic E-state index is 12.8. The van der Waals surface area contributed by atoms with Gasteiger partial charge in [-0.1, -0.05) is 17.7 Å². The van der Waals surface area contributed by atoms with Gasteiger partial charge >= 0.3 is 0 Å². The summed E-state index contributed by atoms with van der Waals surface area (Å²) in [5, 5.41) is 3.31. The van der Waals surface area contributed by atoms with Gasteiger partial charge in [0.15, 0.2) is 0 Å². The number of nitrogens with zero attached hydrogens (tertiary/aromatic N) is 2. The minimum Gasteiger partial charge on any atom is -0.336 e. The highest BCUT2D eigenvalue weighted by Gasteiger charge is 2.23.